The number of benzene rings is 4. The third kappa shape index (κ3) is 6.94. The maximum absolute atomic E-state index is 13.3. The summed E-state index contributed by atoms with van der Waals surface area (Å²) in [6.45, 7) is 4.34. The second-order valence-electron chi connectivity index (χ2n) is 10.1. The highest BCUT2D eigenvalue weighted by Gasteiger charge is 2.35. The van der Waals surface area contributed by atoms with Gasteiger partial charge in [0.2, 0.25) is 0 Å². The van der Waals surface area contributed by atoms with Gasteiger partial charge in [0.25, 0.3) is 0 Å². The molecule has 1 aliphatic heterocycles. The molecule has 0 unspecified atom stereocenters. The van der Waals surface area contributed by atoms with Gasteiger partial charge >= 0.3 is 7.60 Å². The molecule has 4 aromatic rings. The summed E-state index contributed by atoms with van der Waals surface area (Å²) in [5.74, 6) is 0.520. The van der Waals surface area contributed by atoms with Gasteiger partial charge in [-0.1, -0.05) is 48.0 Å². The predicted octanol–water partition coefficient (Wildman–Crippen LogP) is 8.69. The first-order valence-corrected chi connectivity index (χ1v) is 15.2. The lowest BCUT2D eigenvalue weighted by atomic mass is 9.93. The number of aryl methyl sites for hydroxylation is 2. The van der Waals surface area contributed by atoms with Crippen molar-refractivity contribution < 1.29 is 27.8 Å². The van der Waals surface area contributed by atoms with E-state index in [4.69, 9.17) is 25.4 Å². The first-order valence-electron chi connectivity index (χ1n) is 13.1. The molecule has 1 fully saturated rings. The summed E-state index contributed by atoms with van der Waals surface area (Å²) in [6, 6.07) is 23.1. The number of halogens is 2. The Kier molecular flexibility index (Phi) is 8.62. The molecule has 1 heterocycles. The lowest BCUT2D eigenvalue weighted by Gasteiger charge is -2.30. The van der Waals surface area contributed by atoms with E-state index in [1.807, 2.05) is 56.3 Å². The number of phenols is 1. The van der Waals surface area contributed by atoms with E-state index >= 15 is 0 Å². The molecule has 8 heteroatoms. The summed E-state index contributed by atoms with van der Waals surface area (Å²) >= 11 is 6.12. The van der Waals surface area contributed by atoms with E-state index in [0.29, 0.717) is 36.6 Å². The molecule has 5 rings (SSSR count). The average Bonchev–Trinajstić information content (AvgIpc) is 2.93. The maximum Gasteiger partial charge on any atom is 0.368 e. The third-order valence-electron chi connectivity index (χ3n) is 7.07. The Labute approximate surface area is 239 Å². The Morgan fingerprint density at radius 3 is 2.42 bits per heavy atom. The Morgan fingerprint density at radius 2 is 1.70 bits per heavy atom. The smallest absolute Gasteiger partial charge is 0.368 e. The Hall–Kier alpha value is -3.15. The fraction of sp³-hybridized carbons (Fsp3) is 0.250. The molecular weight excluding hydrogens is 550 g/mol. The van der Waals surface area contributed by atoms with Crippen molar-refractivity contribution in [1.29, 1.82) is 0 Å². The zero-order chi connectivity index (χ0) is 28.3. The van der Waals surface area contributed by atoms with Gasteiger partial charge in [0, 0.05) is 17.9 Å². The van der Waals surface area contributed by atoms with Crippen LogP contribution in [0.5, 0.6) is 11.5 Å². The van der Waals surface area contributed by atoms with Crippen molar-refractivity contribution in [2.24, 2.45) is 0 Å². The molecule has 0 saturated carbocycles. The SMILES string of the molecule is Cc1cc(OC[P@]2(=O)OCC[C@@H](c3cccc(Cl)c3)O2)cc(C)c1Cc1ccc(O)c(Cc2ccc(F)cc2)c1. The van der Waals surface area contributed by atoms with Crippen molar-refractivity contribution in [2.45, 2.75) is 39.2 Å². The monoisotopic (exact) mass is 580 g/mol. The number of rotatable bonds is 8. The van der Waals surface area contributed by atoms with Crippen LogP contribution >= 0.6 is 19.2 Å². The number of hydrogen-bond acceptors (Lipinski definition) is 5. The van der Waals surface area contributed by atoms with Gasteiger partial charge in [-0.05, 0) is 102 Å². The minimum Gasteiger partial charge on any atom is -0.508 e. The van der Waals surface area contributed by atoms with E-state index in [2.05, 4.69) is 0 Å². The Bertz CT molecular complexity index is 1530. The topological polar surface area (TPSA) is 65.0 Å². The molecule has 1 saturated heterocycles. The second kappa shape index (κ2) is 12.2. The normalized spacial score (nSPS) is 18.9. The van der Waals surface area contributed by atoms with Crippen LogP contribution in [0.15, 0.2) is 78.9 Å². The predicted molar refractivity (Wildman–Crippen MR) is 155 cm³/mol. The summed E-state index contributed by atoms with van der Waals surface area (Å²) in [5, 5.41) is 11.0. The van der Waals surface area contributed by atoms with E-state index in [1.165, 1.54) is 12.1 Å². The Balaban J connectivity index is 1.26. The van der Waals surface area contributed by atoms with Gasteiger partial charge in [-0.2, -0.15) is 0 Å². The highest BCUT2D eigenvalue weighted by atomic mass is 35.5. The van der Waals surface area contributed by atoms with E-state index < -0.39 is 7.60 Å². The number of hydrogen-bond donors (Lipinski definition) is 1. The van der Waals surface area contributed by atoms with E-state index in [0.717, 1.165) is 38.9 Å². The van der Waals surface area contributed by atoms with E-state index in [-0.39, 0.29) is 24.0 Å². The highest BCUT2D eigenvalue weighted by Crippen LogP contribution is 2.56. The van der Waals surface area contributed by atoms with Gasteiger partial charge in [-0.15, -0.1) is 0 Å². The van der Waals surface area contributed by atoms with Crippen LogP contribution in [0, 0.1) is 19.7 Å². The molecule has 4 aromatic carbocycles. The van der Waals surface area contributed by atoms with Crippen molar-refractivity contribution in [1.82, 2.24) is 0 Å². The van der Waals surface area contributed by atoms with Crippen LogP contribution in [-0.2, 0) is 26.5 Å². The molecule has 208 valence electrons. The fourth-order valence-electron chi connectivity index (χ4n) is 4.96. The van der Waals surface area contributed by atoms with Crippen LogP contribution in [-0.4, -0.2) is 18.1 Å². The summed E-state index contributed by atoms with van der Waals surface area (Å²) in [4.78, 5) is 0. The molecule has 1 aliphatic rings. The van der Waals surface area contributed by atoms with Gasteiger partial charge in [0.1, 0.15) is 17.3 Å². The van der Waals surface area contributed by atoms with Crippen molar-refractivity contribution in [3.8, 4) is 11.5 Å². The molecule has 0 amide bonds. The molecular formula is C32H31ClFO5P. The van der Waals surface area contributed by atoms with Crippen molar-refractivity contribution in [2.75, 3.05) is 13.0 Å². The maximum atomic E-state index is 13.3. The number of ether oxygens (including phenoxy) is 1. The zero-order valence-electron chi connectivity index (χ0n) is 22.4. The summed E-state index contributed by atoms with van der Waals surface area (Å²) < 4.78 is 44.0. The second-order valence-corrected chi connectivity index (χ2v) is 12.5. The summed E-state index contributed by atoms with van der Waals surface area (Å²) in [6.07, 6.45) is 1.20. The van der Waals surface area contributed by atoms with Gasteiger partial charge < -0.3 is 14.4 Å². The van der Waals surface area contributed by atoms with Crippen LogP contribution < -0.4 is 4.74 Å². The van der Waals surface area contributed by atoms with Crippen molar-refractivity contribution in [3.63, 3.8) is 0 Å². The van der Waals surface area contributed by atoms with E-state index in [1.54, 1.807) is 24.3 Å². The molecule has 0 aromatic heterocycles. The quantitative estimate of drug-likeness (QED) is 0.211. The fourth-order valence-corrected chi connectivity index (χ4v) is 6.66. The molecule has 5 nitrogen and oxygen atoms in total. The molecule has 1 N–H and O–H groups in total. The zero-order valence-corrected chi connectivity index (χ0v) is 24.1. The first kappa shape index (κ1) is 28.4. The molecule has 0 spiro atoms. The summed E-state index contributed by atoms with van der Waals surface area (Å²) in [5.41, 5.74) is 6.83. The van der Waals surface area contributed by atoms with E-state index in [9.17, 15) is 14.1 Å². The van der Waals surface area contributed by atoms with Crippen molar-refractivity contribution in [3.05, 3.63) is 129 Å². The molecule has 0 aliphatic carbocycles. The largest absolute Gasteiger partial charge is 0.508 e. The van der Waals surface area contributed by atoms with Crippen LogP contribution in [0.3, 0.4) is 0 Å². The Morgan fingerprint density at radius 1 is 0.975 bits per heavy atom. The molecule has 0 bridgehead atoms. The van der Waals surface area contributed by atoms with Gasteiger partial charge in [0.05, 0.1) is 12.7 Å². The van der Waals surface area contributed by atoms with Gasteiger partial charge in [-0.3, -0.25) is 9.09 Å². The minimum absolute atomic E-state index is 0.187. The molecule has 0 radical (unpaired) electrons. The average molecular weight is 581 g/mol. The third-order valence-corrected chi connectivity index (χ3v) is 8.90. The highest BCUT2D eigenvalue weighted by molar-refractivity contribution is 7.53. The molecule has 2 atom stereocenters. The van der Waals surface area contributed by atoms with Crippen LogP contribution in [0.1, 0.15) is 51.5 Å². The number of aromatic hydroxyl groups is 1. The standard InChI is InChI=1S/C32H31ClFO5P/c1-21-14-29(37-20-40(36)38-13-12-32(39-40)25-4-3-5-27(33)19-25)15-22(2)30(21)18-24-8-11-31(35)26(17-24)16-23-6-9-28(34)10-7-23/h3-11,14-15,17,19,32,35H,12-13,16,18,20H2,1-2H3/t32-,40-/m0/s1. The minimum atomic E-state index is -3.46. The number of phenolic OH excluding ortho intramolecular Hbond substituents is 1. The van der Waals surface area contributed by atoms with Crippen LogP contribution in [0.2, 0.25) is 5.02 Å². The summed E-state index contributed by atoms with van der Waals surface area (Å²) in [7, 11) is -3.46. The van der Waals surface area contributed by atoms with Crippen molar-refractivity contribution >= 4 is 19.2 Å². The first-order chi connectivity index (χ1) is 19.2. The molecule has 40 heavy (non-hydrogen) atoms. The lowest BCUT2D eigenvalue weighted by Crippen LogP contribution is -2.17. The van der Waals surface area contributed by atoms with Crippen LogP contribution in [0.25, 0.3) is 0 Å². The van der Waals surface area contributed by atoms with Crippen LogP contribution in [0.4, 0.5) is 4.39 Å². The van der Waals surface area contributed by atoms with Gasteiger partial charge in [-0.25, -0.2) is 4.39 Å². The van der Waals surface area contributed by atoms with Gasteiger partial charge in [0.15, 0.2) is 6.35 Å². The lowest BCUT2D eigenvalue weighted by molar-refractivity contribution is 0.0725.